The summed E-state index contributed by atoms with van der Waals surface area (Å²) >= 11 is 0. The molecule has 0 bridgehead atoms. The van der Waals surface area contributed by atoms with E-state index >= 15 is 0 Å². The van der Waals surface area contributed by atoms with Gasteiger partial charge in [-0.2, -0.15) is 0 Å². The predicted octanol–water partition coefficient (Wildman–Crippen LogP) is 11.5. The molecule has 3 rings (SSSR count). The number of hydrogen-bond acceptors (Lipinski definition) is 8. The number of aliphatic carboxylic acids is 1. The molecule has 61 heavy (non-hydrogen) atoms. The Morgan fingerprint density at radius 3 is 1.69 bits per heavy atom. The number of amides is 2. The summed E-state index contributed by atoms with van der Waals surface area (Å²) in [6.45, 7) is 26.6. The van der Waals surface area contributed by atoms with Gasteiger partial charge < -0.3 is 35.1 Å². The number of carboxylic acids is 1. The maximum Gasteiger partial charge on any atom is 0.408 e. The Morgan fingerprint density at radius 2 is 1.23 bits per heavy atom. The molecule has 0 aromatic heterocycles. The topological polar surface area (TPSA) is 160 Å². The van der Waals surface area contributed by atoms with E-state index in [0.29, 0.717) is 31.2 Å². The third kappa shape index (κ3) is 24.2. The largest absolute Gasteiger partial charge is 0.480 e. The molecule has 0 radical (unpaired) electrons. The third-order valence-corrected chi connectivity index (χ3v) is 10.2. The number of benzene rings is 2. The summed E-state index contributed by atoms with van der Waals surface area (Å²) in [4.78, 5) is 45.8. The molecule has 0 aliphatic heterocycles. The van der Waals surface area contributed by atoms with Gasteiger partial charge >= 0.3 is 24.1 Å². The second-order valence-corrected chi connectivity index (χ2v) is 19.3. The first-order chi connectivity index (χ1) is 28.9. The Balaban J connectivity index is 0.000000575. The second kappa shape index (κ2) is 27.7. The molecule has 2 aromatic rings. The lowest BCUT2D eigenvalue weighted by atomic mass is 9.83. The van der Waals surface area contributed by atoms with Gasteiger partial charge in [-0.3, -0.25) is 0 Å². The lowest BCUT2D eigenvalue weighted by Gasteiger charge is -2.22. The van der Waals surface area contributed by atoms with Gasteiger partial charge in [0.05, 0.1) is 0 Å². The monoisotopic (exact) mass is 857 g/mol. The fraction of sp³-hybridized carbons (Fsp3) is 0.680. The van der Waals surface area contributed by atoms with Crippen LogP contribution in [0, 0.1) is 29.6 Å². The Morgan fingerprint density at radius 1 is 0.721 bits per heavy atom. The Kier molecular flexibility index (Phi) is 24.1. The molecular weight excluding hydrogens is 773 g/mol. The fourth-order valence-corrected chi connectivity index (χ4v) is 7.41. The summed E-state index contributed by atoms with van der Waals surface area (Å²) in [6, 6.07) is 15.2. The van der Waals surface area contributed by atoms with Crippen LogP contribution in [0.25, 0.3) is 11.1 Å². The summed E-state index contributed by atoms with van der Waals surface area (Å²) in [6.07, 6.45) is 6.53. The molecule has 2 aromatic carbocycles. The number of esters is 1. The minimum atomic E-state index is -1.13. The van der Waals surface area contributed by atoms with E-state index < -0.39 is 48.0 Å². The van der Waals surface area contributed by atoms with E-state index in [1.54, 1.807) is 41.5 Å². The van der Waals surface area contributed by atoms with E-state index in [2.05, 4.69) is 83.4 Å². The van der Waals surface area contributed by atoms with Crippen molar-refractivity contribution in [3.63, 3.8) is 0 Å². The lowest BCUT2D eigenvalue weighted by molar-refractivity contribution is -0.158. The van der Waals surface area contributed by atoms with Crippen LogP contribution in [0.5, 0.6) is 0 Å². The molecule has 2 amide bonds. The maximum atomic E-state index is 12.2. The van der Waals surface area contributed by atoms with Gasteiger partial charge in [0.1, 0.15) is 30.5 Å². The number of unbranched alkanes of at least 4 members (excludes halogenated alkanes) is 1. The van der Waals surface area contributed by atoms with Crippen molar-refractivity contribution in [1.82, 2.24) is 10.6 Å². The molecule has 1 aliphatic rings. The summed E-state index contributed by atoms with van der Waals surface area (Å²) in [7, 11) is 0. The van der Waals surface area contributed by atoms with Crippen LogP contribution in [0.4, 0.5) is 9.59 Å². The number of rotatable bonds is 20. The molecule has 11 nitrogen and oxygen atoms in total. The number of carbonyl (C=O) groups excluding carboxylic acids is 3. The van der Waals surface area contributed by atoms with Gasteiger partial charge in [0.15, 0.2) is 0 Å². The number of nitrogens with one attached hydrogen (secondary N) is 2. The molecule has 6 unspecified atom stereocenters. The number of fused-ring (bicyclic) bond motifs is 3. The summed E-state index contributed by atoms with van der Waals surface area (Å²) < 4.78 is 23.3. The summed E-state index contributed by atoms with van der Waals surface area (Å²) in [5.74, 6) is 2.03. The minimum absolute atomic E-state index is 0.00611. The first kappa shape index (κ1) is 53.0. The number of aliphatic hydroxyl groups is 1. The first-order valence-electron chi connectivity index (χ1n) is 23.0. The van der Waals surface area contributed by atoms with Gasteiger partial charge in [-0.05, 0) is 132 Å². The van der Waals surface area contributed by atoms with Crippen LogP contribution in [0.1, 0.15) is 166 Å². The van der Waals surface area contributed by atoms with Crippen LogP contribution in [-0.4, -0.2) is 71.3 Å². The molecule has 6 atom stereocenters. The maximum absolute atomic E-state index is 12.2. The second-order valence-electron chi connectivity index (χ2n) is 19.3. The van der Waals surface area contributed by atoms with E-state index in [1.807, 2.05) is 24.3 Å². The van der Waals surface area contributed by atoms with Crippen LogP contribution < -0.4 is 10.6 Å². The molecule has 0 heterocycles. The molecule has 11 heteroatoms. The number of carbonyl (C=O) groups is 4. The van der Waals surface area contributed by atoms with Gasteiger partial charge in [-0.25, -0.2) is 19.2 Å². The van der Waals surface area contributed by atoms with Crippen LogP contribution in [0.2, 0.25) is 0 Å². The van der Waals surface area contributed by atoms with Gasteiger partial charge in [0, 0.05) is 13.8 Å². The first-order valence-corrected chi connectivity index (χ1v) is 22.4. The van der Waals surface area contributed by atoms with Gasteiger partial charge in [-0.1, -0.05) is 116 Å². The van der Waals surface area contributed by atoms with Gasteiger partial charge in [0.2, 0.25) is 0 Å². The number of carboxylic acid groups (broad SMARTS) is 1. The molecule has 0 saturated heterocycles. The highest BCUT2D eigenvalue weighted by Gasteiger charge is 2.29. The fourth-order valence-electron chi connectivity index (χ4n) is 7.41. The molecule has 0 saturated carbocycles. The number of alkyl carbamates (subject to hydrolysis) is 2. The molecule has 0 spiro atoms. The standard InChI is InChI=1S/C26H32N2O6.C18H38.C6H12O3/c1-26(2,3)34-25(32)28-22(23(29)30)14-8-9-15-27-24(31)33-16-21-19-12-6-4-10-17(19)18-11-5-7-13-20(18)21;1-8-15(4)11-17(6)13-18(7)12-16(5)10-9-14(2)3;1-6(2,3)9-5(8)4-7/h4-7,10-13,21-22H,8-9,14-16H2,1-3H3,(H,27,31)(H,28,32)(H,29,30);14-18H,8-13H2,1-7H3;7H,4H2,1-3H3/i;9T;. The lowest BCUT2D eigenvalue weighted by Crippen LogP contribution is -2.43. The van der Waals surface area contributed by atoms with E-state index in [4.69, 9.17) is 20.7 Å². The SMILES string of the molecule is CC(C)(C)OC(=O)CO.CC(C)(C)OC(=O)NC(CCCCNC(=O)OCC1c2ccccc2-c2ccccc21)C(=O)O.[3H]C(CC(C)CC(C)CC(C)CC(C)CC)C(C)C. The number of hydrogen-bond donors (Lipinski definition) is 4. The van der Waals surface area contributed by atoms with Crippen molar-refractivity contribution in [2.24, 2.45) is 29.6 Å². The van der Waals surface area contributed by atoms with Crippen molar-refractivity contribution in [2.75, 3.05) is 19.8 Å². The zero-order chi connectivity index (χ0) is 47.2. The quantitative estimate of drug-likeness (QED) is 0.0577. The smallest absolute Gasteiger partial charge is 0.408 e. The zero-order valence-corrected chi connectivity index (χ0v) is 39.8. The van der Waals surface area contributed by atoms with Gasteiger partial charge in [0.25, 0.3) is 0 Å². The molecule has 4 N–H and O–H groups in total. The summed E-state index contributed by atoms with van der Waals surface area (Å²) in [5.41, 5.74) is 3.43. The van der Waals surface area contributed by atoms with Gasteiger partial charge in [-0.15, -0.1) is 0 Å². The van der Waals surface area contributed by atoms with Crippen molar-refractivity contribution in [3.8, 4) is 11.1 Å². The van der Waals surface area contributed by atoms with Crippen LogP contribution in [-0.2, 0) is 23.8 Å². The normalized spacial score (nSPS) is 15.4. The van der Waals surface area contributed by atoms with Crippen molar-refractivity contribution in [3.05, 3.63) is 59.7 Å². The van der Waals surface area contributed by atoms with E-state index in [1.165, 1.54) is 36.8 Å². The van der Waals surface area contributed by atoms with Crippen molar-refractivity contribution in [2.45, 2.75) is 171 Å². The average molecular weight is 857 g/mol. The van der Waals surface area contributed by atoms with Crippen LogP contribution in [0.3, 0.4) is 0 Å². The Hall–Kier alpha value is -4.12. The van der Waals surface area contributed by atoms with Crippen LogP contribution >= 0.6 is 0 Å². The molecular formula is C50H82N2O9. The Labute approximate surface area is 369 Å². The van der Waals surface area contributed by atoms with Crippen molar-refractivity contribution >= 4 is 24.1 Å². The average Bonchev–Trinajstić information content (AvgIpc) is 3.48. The van der Waals surface area contributed by atoms with E-state index in [9.17, 15) is 24.3 Å². The highest BCUT2D eigenvalue weighted by Crippen LogP contribution is 2.44. The molecule has 346 valence electrons. The minimum Gasteiger partial charge on any atom is -0.480 e. The van der Waals surface area contributed by atoms with Crippen LogP contribution in [0.15, 0.2) is 48.5 Å². The third-order valence-electron chi connectivity index (χ3n) is 10.2. The highest BCUT2D eigenvalue weighted by molar-refractivity contribution is 5.80. The van der Waals surface area contributed by atoms with Crippen molar-refractivity contribution in [1.29, 1.82) is 0 Å². The highest BCUT2D eigenvalue weighted by atomic mass is 16.6. The van der Waals surface area contributed by atoms with Crippen molar-refractivity contribution < 1.29 is 45.0 Å². The predicted molar refractivity (Wildman–Crippen MR) is 246 cm³/mol. The summed E-state index contributed by atoms with van der Waals surface area (Å²) in [5, 5.41) is 22.6. The molecule has 0 fully saturated rings. The zero-order valence-electron chi connectivity index (χ0n) is 40.8. The van der Waals surface area contributed by atoms with E-state index in [-0.39, 0.29) is 25.3 Å². The number of aliphatic hydroxyl groups excluding tert-OH is 1. The molecule has 1 aliphatic carbocycles. The number of ether oxygens (including phenoxy) is 3. The Bertz CT molecular complexity index is 1590. The van der Waals surface area contributed by atoms with E-state index in [0.717, 1.165) is 35.3 Å².